The van der Waals surface area contributed by atoms with Crippen molar-refractivity contribution in [3.8, 4) is 11.8 Å². The van der Waals surface area contributed by atoms with Crippen LogP contribution in [0.3, 0.4) is 0 Å². The highest BCUT2D eigenvalue weighted by molar-refractivity contribution is 7.89. The van der Waals surface area contributed by atoms with Crippen LogP contribution in [0.2, 0.25) is 0 Å². The van der Waals surface area contributed by atoms with E-state index in [1.165, 1.54) is 10.4 Å². The summed E-state index contributed by atoms with van der Waals surface area (Å²) in [4.78, 5) is 0.199. The van der Waals surface area contributed by atoms with Crippen LogP contribution in [-0.4, -0.2) is 48.2 Å². The molecule has 1 heterocycles. The Bertz CT molecular complexity index is 698. The summed E-state index contributed by atoms with van der Waals surface area (Å²) in [6.45, 7) is 3.50. The van der Waals surface area contributed by atoms with Crippen LogP contribution in [0.1, 0.15) is 24.5 Å². The molecular formula is C15H19NO4S. The molecule has 0 aliphatic carbocycles. The normalized spacial score (nSPS) is 22.9. The van der Waals surface area contributed by atoms with Crippen LogP contribution < -0.4 is 0 Å². The van der Waals surface area contributed by atoms with Crippen molar-refractivity contribution in [1.29, 1.82) is 0 Å². The summed E-state index contributed by atoms with van der Waals surface area (Å²) < 4.78 is 26.7. The number of rotatable bonds is 2. The third-order valence-electron chi connectivity index (χ3n) is 3.53. The largest absolute Gasteiger partial charge is 0.389 e. The topological polar surface area (TPSA) is 77.8 Å². The number of nitrogens with zero attached hydrogens (tertiary/aromatic N) is 1. The molecule has 0 bridgehead atoms. The van der Waals surface area contributed by atoms with Crippen LogP contribution >= 0.6 is 0 Å². The van der Waals surface area contributed by atoms with Gasteiger partial charge in [0.15, 0.2) is 0 Å². The van der Waals surface area contributed by atoms with E-state index in [2.05, 4.69) is 11.8 Å². The molecular weight excluding hydrogens is 290 g/mol. The summed E-state index contributed by atoms with van der Waals surface area (Å²) in [7, 11) is -3.64. The van der Waals surface area contributed by atoms with Crippen molar-refractivity contribution in [3.63, 3.8) is 0 Å². The highest BCUT2D eigenvalue weighted by Crippen LogP contribution is 2.28. The fourth-order valence-electron chi connectivity index (χ4n) is 2.35. The molecule has 0 saturated carbocycles. The van der Waals surface area contributed by atoms with E-state index in [0.29, 0.717) is 24.1 Å². The molecule has 1 saturated heterocycles. The molecule has 6 heteroatoms. The van der Waals surface area contributed by atoms with Crippen molar-refractivity contribution in [2.24, 2.45) is 0 Å². The van der Waals surface area contributed by atoms with Crippen LogP contribution in [0, 0.1) is 18.8 Å². The van der Waals surface area contributed by atoms with E-state index < -0.39 is 15.6 Å². The second kappa shape index (κ2) is 5.78. The van der Waals surface area contributed by atoms with Gasteiger partial charge in [-0.1, -0.05) is 17.9 Å². The Hall–Kier alpha value is -1.39. The lowest BCUT2D eigenvalue weighted by Gasteiger charge is -2.20. The average molecular weight is 309 g/mol. The molecule has 1 atom stereocenters. The van der Waals surface area contributed by atoms with Gasteiger partial charge in [0.1, 0.15) is 6.61 Å². The van der Waals surface area contributed by atoms with Crippen molar-refractivity contribution >= 4 is 10.0 Å². The number of benzene rings is 1. The summed E-state index contributed by atoms with van der Waals surface area (Å²) in [6, 6.07) is 4.93. The maximum absolute atomic E-state index is 12.7. The molecule has 5 nitrogen and oxygen atoms in total. The SMILES string of the molecule is Cc1ccc(C#CCO)cc1S(=O)(=O)N1CCC(C)(O)C1. The highest BCUT2D eigenvalue weighted by atomic mass is 32.2. The monoisotopic (exact) mass is 309 g/mol. The van der Waals surface area contributed by atoms with Gasteiger partial charge in [0.2, 0.25) is 10.0 Å². The van der Waals surface area contributed by atoms with E-state index in [-0.39, 0.29) is 18.0 Å². The van der Waals surface area contributed by atoms with E-state index in [0.717, 1.165) is 0 Å². The predicted molar refractivity (Wildman–Crippen MR) is 79.1 cm³/mol. The van der Waals surface area contributed by atoms with E-state index in [1.54, 1.807) is 26.0 Å². The Kier molecular flexibility index (Phi) is 4.40. The van der Waals surface area contributed by atoms with Crippen LogP contribution in [0.5, 0.6) is 0 Å². The molecule has 1 aliphatic heterocycles. The maximum atomic E-state index is 12.7. The summed E-state index contributed by atoms with van der Waals surface area (Å²) in [5.41, 5.74) is 0.199. The Labute approximate surface area is 125 Å². The molecule has 0 radical (unpaired) electrons. The zero-order valence-corrected chi connectivity index (χ0v) is 12.9. The van der Waals surface area contributed by atoms with Crippen LogP contribution in [0.25, 0.3) is 0 Å². The molecule has 1 fully saturated rings. The lowest BCUT2D eigenvalue weighted by atomic mass is 10.1. The first-order valence-corrected chi connectivity index (χ1v) is 8.13. The Morgan fingerprint density at radius 1 is 1.43 bits per heavy atom. The van der Waals surface area contributed by atoms with E-state index >= 15 is 0 Å². The summed E-state index contributed by atoms with van der Waals surface area (Å²) in [6.07, 6.45) is 0.426. The van der Waals surface area contributed by atoms with E-state index in [9.17, 15) is 13.5 Å². The fraction of sp³-hybridized carbons (Fsp3) is 0.467. The zero-order chi connectivity index (χ0) is 15.7. The zero-order valence-electron chi connectivity index (χ0n) is 12.1. The smallest absolute Gasteiger partial charge is 0.243 e. The van der Waals surface area contributed by atoms with Crippen molar-refractivity contribution in [2.75, 3.05) is 19.7 Å². The molecule has 114 valence electrons. The summed E-state index contributed by atoms with van der Waals surface area (Å²) >= 11 is 0. The molecule has 0 amide bonds. The number of aliphatic hydroxyl groups is 2. The minimum atomic E-state index is -3.64. The van der Waals surface area contributed by atoms with Crippen molar-refractivity contribution < 1.29 is 18.6 Å². The standard InChI is InChI=1S/C15H19NO4S/c1-12-5-6-13(4-3-9-17)10-14(12)21(19,20)16-8-7-15(2,18)11-16/h5-6,10,17-18H,7-9,11H2,1-2H3. The molecule has 1 aliphatic rings. The highest BCUT2D eigenvalue weighted by Gasteiger charge is 2.38. The second-order valence-electron chi connectivity index (χ2n) is 5.53. The van der Waals surface area contributed by atoms with Gasteiger partial charge in [0.05, 0.1) is 10.5 Å². The van der Waals surface area contributed by atoms with Gasteiger partial charge in [-0.25, -0.2) is 8.42 Å². The molecule has 2 rings (SSSR count). The first-order chi connectivity index (χ1) is 9.76. The van der Waals surface area contributed by atoms with Crippen LogP contribution in [0.4, 0.5) is 0 Å². The average Bonchev–Trinajstić information content (AvgIpc) is 2.78. The van der Waals surface area contributed by atoms with Gasteiger partial charge in [0.25, 0.3) is 0 Å². The quantitative estimate of drug-likeness (QED) is 0.779. The van der Waals surface area contributed by atoms with Crippen molar-refractivity contribution in [2.45, 2.75) is 30.8 Å². The molecule has 0 aromatic heterocycles. The van der Waals surface area contributed by atoms with E-state index in [4.69, 9.17) is 5.11 Å². The lowest BCUT2D eigenvalue weighted by Crippen LogP contribution is -2.34. The van der Waals surface area contributed by atoms with Gasteiger partial charge in [-0.3, -0.25) is 0 Å². The lowest BCUT2D eigenvalue weighted by molar-refractivity contribution is 0.0762. The molecule has 1 unspecified atom stereocenters. The molecule has 21 heavy (non-hydrogen) atoms. The number of aliphatic hydroxyl groups excluding tert-OH is 1. The second-order valence-corrected chi connectivity index (χ2v) is 7.43. The minimum absolute atomic E-state index is 0.0985. The molecule has 1 aromatic carbocycles. The Morgan fingerprint density at radius 3 is 2.71 bits per heavy atom. The van der Waals surface area contributed by atoms with Crippen molar-refractivity contribution in [1.82, 2.24) is 4.31 Å². The molecule has 1 aromatic rings. The maximum Gasteiger partial charge on any atom is 0.243 e. The summed E-state index contributed by atoms with van der Waals surface area (Å²) in [5.74, 6) is 5.21. The number of hydrogen-bond donors (Lipinski definition) is 2. The Morgan fingerprint density at radius 2 is 2.14 bits per heavy atom. The molecule has 0 spiro atoms. The third-order valence-corrected chi connectivity index (χ3v) is 5.52. The van der Waals surface area contributed by atoms with Crippen LogP contribution in [-0.2, 0) is 10.0 Å². The minimum Gasteiger partial charge on any atom is -0.389 e. The first-order valence-electron chi connectivity index (χ1n) is 6.69. The predicted octanol–water partition coefficient (Wildman–Crippen LogP) is 0.484. The van der Waals surface area contributed by atoms with Gasteiger partial charge in [-0.2, -0.15) is 4.31 Å². The first kappa shape index (κ1) is 16.0. The number of sulfonamides is 1. The van der Waals surface area contributed by atoms with Crippen LogP contribution in [0.15, 0.2) is 23.1 Å². The van der Waals surface area contributed by atoms with E-state index in [1.807, 2.05) is 0 Å². The van der Waals surface area contributed by atoms with Gasteiger partial charge in [-0.05, 0) is 38.0 Å². The number of aryl methyl sites for hydroxylation is 1. The fourth-order valence-corrected chi connectivity index (χ4v) is 4.15. The van der Waals surface area contributed by atoms with Crippen molar-refractivity contribution in [3.05, 3.63) is 29.3 Å². The number of β-amino-alcohol motifs (C(OH)–C–C–N with tert-alkyl or cyclic N) is 1. The third kappa shape index (κ3) is 3.44. The molecule has 2 N–H and O–H groups in total. The number of hydrogen-bond acceptors (Lipinski definition) is 4. The van der Waals surface area contributed by atoms with Gasteiger partial charge in [0, 0.05) is 18.7 Å². The summed E-state index contributed by atoms with van der Waals surface area (Å²) in [5, 5.41) is 18.7. The van der Waals surface area contributed by atoms with Gasteiger partial charge < -0.3 is 10.2 Å². The Balaban J connectivity index is 2.40. The van der Waals surface area contributed by atoms with Gasteiger partial charge >= 0.3 is 0 Å². The van der Waals surface area contributed by atoms with Gasteiger partial charge in [-0.15, -0.1) is 0 Å².